The lowest BCUT2D eigenvalue weighted by atomic mass is 9.44. The minimum atomic E-state index is -2.48. The third-order valence-electron chi connectivity index (χ3n) is 23.5. The second-order valence-corrected chi connectivity index (χ2v) is 29.3. The van der Waals surface area contributed by atoms with Gasteiger partial charge in [-0.15, -0.1) is 0 Å². The predicted octanol–water partition coefficient (Wildman–Crippen LogP) is 11.9. The highest BCUT2D eigenvalue weighted by Crippen LogP contribution is 2.66. The van der Waals surface area contributed by atoms with Gasteiger partial charge in [-0.3, -0.25) is 19.2 Å². The molecule has 0 radical (unpaired) electrons. The van der Waals surface area contributed by atoms with Crippen LogP contribution in [0, 0.1) is 63.6 Å². The van der Waals surface area contributed by atoms with E-state index in [0.29, 0.717) is 36.2 Å². The summed E-state index contributed by atoms with van der Waals surface area (Å²) in [5.74, 6) is -2.09. The average molecular weight is 1250 g/mol. The summed E-state index contributed by atoms with van der Waals surface area (Å²) in [6.07, 6.45) is 1.54. The number of aliphatic hydroxyl groups excluding tert-OH is 1. The van der Waals surface area contributed by atoms with Crippen molar-refractivity contribution in [1.29, 1.82) is 0 Å². The Hall–Kier alpha value is -6.69. The fraction of sp³-hybridized carbons (Fsp3) is 0.608. The molecule has 91 heavy (non-hydrogen) atoms. The Bertz CT molecular complexity index is 3310. The third-order valence-corrected chi connectivity index (χ3v) is 23.5. The van der Waals surface area contributed by atoms with Gasteiger partial charge in [0.05, 0.1) is 29.6 Å². The number of amides is 1. The number of benzene rings is 3. The zero-order valence-electron chi connectivity index (χ0n) is 54.5. The molecular weight excluding hydrogens is 1160 g/mol. The number of rotatable bonds is 17. The van der Waals surface area contributed by atoms with Gasteiger partial charge in [0.25, 0.3) is 5.91 Å². The monoisotopic (exact) mass is 1250 g/mol. The van der Waals surface area contributed by atoms with Crippen molar-refractivity contribution in [3.05, 3.63) is 130 Å². The Kier molecular flexibility index (Phi) is 18.6. The molecule has 19 atom stereocenters. The van der Waals surface area contributed by atoms with E-state index in [1.165, 1.54) is 76.5 Å². The first kappa shape index (κ1) is 65.8. The fourth-order valence-electron chi connectivity index (χ4n) is 18.7. The largest absolute Gasteiger partial charge is 0.509 e. The molecule has 7 aliphatic carbocycles. The van der Waals surface area contributed by atoms with E-state index in [4.69, 9.17) is 33.2 Å². The number of carbonyl (C=O) groups is 7. The van der Waals surface area contributed by atoms with Gasteiger partial charge in [0.1, 0.15) is 36.1 Å². The first-order valence-electron chi connectivity index (χ1n) is 33.3. The van der Waals surface area contributed by atoms with E-state index < -0.39 is 125 Å². The summed E-state index contributed by atoms with van der Waals surface area (Å²) < 4.78 is 44.0. The highest BCUT2D eigenvalue weighted by molar-refractivity contribution is 5.96. The Labute approximate surface area is 535 Å². The van der Waals surface area contributed by atoms with Crippen molar-refractivity contribution in [3.63, 3.8) is 0 Å². The molecule has 1 saturated heterocycles. The van der Waals surface area contributed by atoms with E-state index in [1.54, 1.807) is 99.6 Å². The summed E-state index contributed by atoms with van der Waals surface area (Å²) in [6.45, 7) is 17.6. The lowest BCUT2D eigenvalue weighted by Crippen LogP contribution is -2.82. The fourth-order valence-corrected chi connectivity index (χ4v) is 18.7. The molecule has 17 heteroatoms. The van der Waals surface area contributed by atoms with E-state index >= 15 is 9.59 Å². The molecule has 490 valence electrons. The number of fused-ring (bicyclic) bond motifs is 10. The second kappa shape index (κ2) is 25.7. The van der Waals surface area contributed by atoms with Gasteiger partial charge < -0.3 is 48.7 Å². The normalized spacial score (nSPS) is 35.4. The van der Waals surface area contributed by atoms with Crippen molar-refractivity contribution in [2.45, 2.75) is 213 Å². The van der Waals surface area contributed by atoms with Crippen molar-refractivity contribution < 1.29 is 76.9 Å². The number of nitrogens with one attached hydrogen (secondary N) is 1. The summed E-state index contributed by atoms with van der Waals surface area (Å²) in [5, 5.41) is 29.6. The van der Waals surface area contributed by atoms with Crippen molar-refractivity contribution >= 4 is 41.7 Å². The van der Waals surface area contributed by atoms with Gasteiger partial charge in [-0.25, -0.2) is 14.4 Å². The Balaban J connectivity index is 0.938. The number of hydrogen-bond donors (Lipinski definition) is 3. The van der Waals surface area contributed by atoms with Gasteiger partial charge in [0.15, 0.2) is 17.5 Å². The van der Waals surface area contributed by atoms with Crippen LogP contribution in [-0.4, -0.2) is 112 Å². The minimum Gasteiger partial charge on any atom is -0.455 e. The van der Waals surface area contributed by atoms with E-state index in [9.17, 15) is 34.2 Å². The van der Waals surface area contributed by atoms with Crippen LogP contribution in [0.4, 0.5) is 4.79 Å². The van der Waals surface area contributed by atoms with Crippen molar-refractivity contribution in [2.75, 3.05) is 6.61 Å². The molecule has 2 bridgehead atoms. The maximum Gasteiger partial charge on any atom is 0.509 e. The van der Waals surface area contributed by atoms with Crippen molar-refractivity contribution in [3.8, 4) is 0 Å². The van der Waals surface area contributed by atoms with Crippen molar-refractivity contribution in [2.24, 2.45) is 63.6 Å². The second-order valence-electron chi connectivity index (χ2n) is 29.3. The number of Topliss-reactive ketones (excluding diaryl/α,β-unsaturated/α-hetero) is 1. The van der Waals surface area contributed by atoms with Gasteiger partial charge in [-0.2, -0.15) is 0 Å². The molecule has 0 aromatic heterocycles. The van der Waals surface area contributed by atoms with Crippen LogP contribution in [0.5, 0.6) is 0 Å². The highest BCUT2D eigenvalue weighted by Gasteiger charge is 2.78. The number of allylic oxidation sites excluding steroid dienone is 1. The van der Waals surface area contributed by atoms with Crippen LogP contribution in [0.25, 0.3) is 0 Å². The van der Waals surface area contributed by atoms with Crippen LogP contribution < -0.4 is 5.32 Å². The quantitative estimate of drug-likeness (QED) is 0.0647. The van der Waals surface area contributed by atoms with Gasteiger partial charge >= 0.3 is 30.0 Å². The smallest absolute Gasteiger partial charge is 0.455 e. The molecule has 3 aromatic rings. The number of hydrogen-bond acceptors (Lipinski definition) is 16. The first-order valence-corrected chi connectivity index (χ1v) is 33.3. The number of aliphatic hydroxyl groups is 2. The standard InChI is InChI=1S/C74H93NO16/c1-41(2)21-20-22-42(3)51-31-32-53-52(51)33-34-55-54(53)30-29-49-37-50(35-36-71(49,55)9)87-69(83)89-62(60(46-23-14-11-15-24-46)75-66(80)47-25-16-12-17-26-47)68(82)88-56-39-74(84)65(90-67(81)48-27-18-13-19-28-48)63-72(10,57(78)38-58-73(63,40-85-58)91-45(6)77)64(79)61(86-44(5)76)59(43(56)4)70(74,7)8/h11-19,23-29,41-42,50-58,60-63,65,78,84H,20-22,30-40H2,1-10H3,(H,75,80)/t42?,50-,51+,52?,53+,54-,55?,56-,57-,58+,60-,61+,62+,63?,65-,71-,72+,73-,74+/m0/s1. The molecule has 8 aliphatic rings. The molecule has 17 nitrogen and oxygen atoms in total. The molecule has 1 aliphatic heterocycles. The molecule has 11 rings (SSSR count). The zero-order valence-corrected chi connectivity index (χ0v) is 54.5. The van der Waals surface area contributed by atoms with E-state index in [0.717, 1.165) is 43.4 Å². The molecule has 3 aromatic carbocycles. The topological polar surface area (TPSA) is 237 Å². The van der Waals surface area contributed by atoms with Crippen LogP contribution in [0.15, 0.2) is 114 Å². The number of ketones is 1. The molecule has 0 spiro atoms. The lowest BCUT2D eigenvalue weighted by Gasteiger charge is -2.67. The van der Waals surface area contributed by atoms with E-state index in [2.05, 4.69) is 39.1 Å². The molecule has 3 N–H and O–H groups in total. The summed E-state index contributed by atoms with van der Waals surface area (Å²) in [6, 6.07) is 23.3. The van der Waals surface area contributed by atoms with Crippen LogP contribution in [0.2, 0.25) is 0 Å². The Morgan fingerprint density at radius 2 is 1.42 bits per heavy atom. The van der Waals surface area contributed by atoms with Crippen molar-refractivity contribution in [1.82, 2.24) is 5.32 Å². The number of carbonyl (C=O) groups excluding carboxylic acids is 7. The molecule has 6 fully saturated rings. The SMILES string of the molecule is CC(=O)O[C@H]1C(=O)[C@@]2(C)C([C@H](OC(=O)c3ccccc3)[C@]3(O)C[C@H](OC(=O)[C@H](OC(=O)O[C@H]4CC[C@@]5(C)C(=CC[C@@H]6C5CCC5[C@@H](C(C)CCCC(C)C)CC[C@H]56)C4)[C@@H](NC(=O)c4ccccc4)c4ccccc4)C(C)=C1C3(C)C)[C@]1(OC(C)=O)CO[C@@H]1C[C@@H]2O. The van der Waals surface area contributed by atoms with E-state index in [1.807, 2.05) is 0 Å². The summed E-state index contributed by atoms with van der Waals surface area (Å²) in [4.78, 5) is 103. The minimum absolute atomic E-state index is 0.0236. The van der Waals surface area contributed by atoms with Crippen LogP contribution >= 0.6 is 0 Å². The summed E-state index contributed by atoms with van der Waals surface area (Å²) >= 11 is 0. The van der Waals surface area contributed by atoms with Gasteiger partial charge in [-0.05, 0) is 147 Å². The summed E-state index contributed by atoms with van der Waals surface area (Å²) in [5.41, 5.74) is -6.16. The highest BCUT2D eigenvalue weighted by atomic mass is 16.7. The third kappa shape index (κ3) is 11.9. The zero-order chi connectivity index (χ0) is 65.1. The summed E-state index contributed by atoms with van der Waals surface area (Å²) in [7, 11) is 0. The Morgan fingerprint density at radius 3 is 2.05 bits per heavy atom. The van der Waals surface area contributed by atoms with Gasteiger partial charge in [-0.1, -0.05) is 139 Å². The van der Waals surface area contributed by atoms with Crippen LogP contribution in [-0.2, 0) is 52.3 Å². The molecule has 5 saturated carbocycles. The maximum atomic E-state index is 16.0. The van der Waals surface area contributed by atoms with Crippen LogP contribution in [0.3, 0.4) is 0 Å². The lowest BCUT2D eigenvalue weighted by molar-refractivity contribution is -0.346. The molecule has 1 heterocycles. The van der Waals surface area contributed by atoms with Gasteiger partial charge in [0, 0.05) is 44.1 Å². The first-order chi connectivity index (χ1) is 43.2. The predicted molar refractivity (Wildman–Crippen MR) is 335 cm³/mol. The number of ether oxygens (including phenoxy) is 7. The molecule has 1 amide bonds. The van der Waals surface area contributed by atoms with Gasteiger partial charge in [0.2, 0.25) is 6.10 Å². The molecule has 4 unspecified atom stereocenters. The Morgan fingerprint density at radius 1 is 0.758 bits per heavy atom. The maximum absolute atomic E-state index is 16.0. The molecular formula is C74H93NO16. The van der Waals surface area contributed by atoms with E-state index in [-0.39, 0.29) is 40.7 Å². The average Bonchev–Trinajstić information content (AvgIpc) is 1.02. The van der Waals surface area contributed by atoms with Crippen LogP contribution in [0.1, 0.15) is 185 Å². The number of esters is 4.